The van der Waals surface area contributed by atoms with E-state index in [1.165, 1.54) is 4.73 Å². The number of imidazole rings is 1. The minimum Gasteiger partial charge on any atom is -0.426 e. The lowest BCUT2D eigenvalue weighted by Gasteiger charge is -2.06. The predicted molar refractivity (Wildman–Crippen MR) is 95.7 cm³/mol. The van der Waals surface area contributed by atoms with Crippen LogP contribution in [0.5, 0.6) is 0 Å². The minimum atomic E-state index is 0.535. The van der Waals surface area contributed by atoms with Gasteiger partial charge in [-0.2, -0.15) is 4.73 Å². The molecule has 0 fully saturated rings. The quantitative estimate of drug-likeness (QED) is 0.533. The van der Waals surface area contributed by atoms with Crippen LogP contribution in [0, 0.1) is 0 Å². The van der Waals surface area contributed by atoms with Gasteiger partial charge >= 0.3 is 0 Å². The largest absolute Gasteiger partial charge is 0.426 e. The van der Waals surface area contributed by atoms with Gasteiger partial charge in [-0.15, -0.1) is 0 Å². The zero-order valence-electron chi connectivity index (χ0n) is 13.0. The van der Waals surface area contributed by atoms with Crippen LogP contribution in [0.15, 0.2) is 91.0 Å². The Labute approximate surface area is 140 Å². The van der Waals surface area contributed by atoms with Crippen molar-refractivity contribution in [2.45, 2.75) is 0 Å². The van der Waals surface area contributed by atoms with E-state index in [1.807, 2.05) is 91.0 Å². The molecule has 0 aliphatic carbocycles. The summed E-state index contributed by atoms with van der Waals surface area (Å²) in [5.74, 6) is 0.535. The van der Waals surface area contributed by atoms with Gasteiger partial charge in [0.25, 0.3) is 0 Å². The van der Waals surface area contributed by atoms with E-state index in [-0.39, 0.29) is 0 Å². The molecule has 0 atom stereocenters. The van der Waals surface area contributed by atoms with E-state index >= 15 is 0 Å². The van der Waals surface area contributed by atoms with Crippen LogP contribution in [0.1, 0.15) is 0 Å². The number of nitrogens with zero attached hydrogens (tertiary/aromatic N) is 2. The summed E-state index contributed by atoms with van der Waals surface area (Å²) >= 11 is 0. The predicted octanol–water partition coefficient (Wildman–Crippen LogP) is 5.12. The van der Waals surface area contributed by atoms with Crippen molar-refractivity contribution in [3.63, 3.8) is 0 Å². The molecule has 116 valence electrons. The Morgan fingerprint density at radius 1 is 0.583 bits per heavy atom. The highest BCUT2D eigenvalue weighted by Gasteiger charge is 2.20. The summed E-state index contributed by atoms with van der Waals surface area (Å²) in [6.45, 7) is 0. The summed E-state index contributed by atoms with van der Waals surface area (Å²) in [6, 6.07) is 29.5. The SMILES string of the molecule is On1c(-c2ccccc2)nc(-c2ccccc2)c1-c1ccccc1. The fraction of sp³-hybridized carbons (Fsp3) is 0. The Hall–Kier alpha value is -3.33. The van der Waals surface area contributed by atoms with Crippen LogP contribution in [-0.2, 0) is 0 Å². The van der Waals surface area contributed by atoms with Gasteiger partial charge in [0.15, 0.2) is 5.82 Å². The third-order valence-corrected chi connectivity index (χ3v) is 3.98. The number of hydrogen-bond acceptors (Lipinski definition) is 2. The highest BCUT2D eigenvalue weighted by molar-refractivity contribution is 5.81. The van der Waals surface area contributed by atoms with Gasteiger partial charge in [0.2, 0.25) is 0 Å². The van der Waals surface area contributed by atoms with Gasteiger partial charge < -0.3 is 5.21 Å². The average molecular weight is 312 g/mol. The van der Waals surface area contributed by atoms with Gasteiger partial charge in [-0.1, -0.05) is 91.0 Å². The molecule has 1 aromatic heterocycles. The molecule has 4 aromatic rings. The van der Waals surface area contributed by atoms with E-state index in [0.717, 1.165) is 22.4 Å². The molecule has 3 nitrogen and oxygen atoms in total. The first-order chi connectivity index (χ1) is 11.8. The Kier molecular flexibility index (Phi) is 3.60. The monoisotopic (exact) mass is 312 g/mol. The molecule has 0 aliphatic rings. The first-order valence-electron chi connectivity index (χ1n) is 7.83. The Morgan fingerprint density at radius 3 is 1.58 bits per heavy atom. The van der Waals surface area contributed by atoms with Crippen molar-refractivity contribution < 1.29 is 5.21 Å². The van der Waals surface area contributed by atoms with Crippen molar-refractivity contribution in [3.8, 4) is 33.9 Å². The molecule has 0 bridgehead atoms. The van der Waals surface area contributed by atoms with Crippen LogP contribution < -0.4 is 0 Å². The maximum Gasteiger partial charge on any atom is 0.176 e. The van der Waals surface area contributed by atoms with Crippen LogP contribution in [0.25, 0.3) is 33.9 Å². The lowest BCUT2D eigenvalue weighted by atomic mass is 10.1. The van der Waals surface area contributed by atoms with Crippen LogP contribution >= 0.6 is 0 Å². The first kappa shape index (κ1) is 14.3. The van der Waals surface area contributed by atoms with Gasteiger partial charge in [-0.3, -0.25) is 0 Å². The summed E-state index contributed by atoms with van der Waals surface area (Å²) in [6.07, 6.45) is 0. The van der Waals surface area contributed by atoms with Crippen LogP contribution in [-0.4, -0.2) is 14.9 Å². The minimum absolute atomic E-state index is 0.535. The summed E-state index contributed by atoms with van der Waals surface area (Å²) in [7, 11) is 0. The van der Waals surface area contributed by atoms with Crippen molar-refractivity contribution >= 4 is 0 Å². The molecule has 0 saturated carbocycles. The summed E-state index contributed by atoms with van der Waals surface area (Å²) in [4.78, 5) is 4.74. The lowest BCUT2D eigenvalue weighted by molar-refractivity contribution is 0.195. The Morgan fingerprint density at radius 2 is 1.04 bits per heavy atom. The smallest absolute Gasteiger partial charge is 0.176 e. The van der Waals surface area contributed by atoms with Crippen molar-refractivity contribution in [2.75, 3.05) is 0 Å². The van der Waals surface area contributed by atoms with E-state index in [1.54, 1.807) is 0 Å². The Bertz CT molecular complexity index is 945. The van der Waals surface area contributed by atoms with Gasteiger partial charge in [0.05, 0.1) is 0 Å². The van der Waals surface area contributed by atoms with Crippen molar-refractivity contribution in [3.05, 3.63) is 91.0 Å². The topological polar surface area (TPSA) is 38.0 Å². The lowest BCUT2D eigenvalue weighted by Crippen LogP contribution is -1.97. The summed E-state index contributed by atoms with van der Waals surface area (Å²) in [5.41, 5.74) is 4.23. The highest BCUT2D eigenvalue weighted by atomic mass is 16.5. The Balaban J connectivity index is 1.99. The van der Waals surface area contributed by atoms with Crippen molar-refractivity contribution in [1.82, 2.24) is 9.71 Å². The van der Waals surface area contributed by atoms with E-state index in [4.69, 9.17) is 4.98 Å². The van der Waals surface area contributed by atoms with E-state index in [2.05, 4.69) is 0 Å². The van der Waals surface area contributed by atoms with Gasteiger partial charge in [0.1, 0.15) is 11.4 Å². The van der Waals surface area contributed by atoms with Crippen molar-refractivity contribution in [1.29, 1.82) is 0 Å². The molecule has 4 rings (SSSR count). The number of benzene rings is 3. The molecule has 0 spiro atoms. The van der Waals surface area contributed by atoms with Crippen LogP contribution in [0.3, 0.4) is 0 Å². The summed E-state index contributed by atoms with van der Waals surface area (Å²) in [5, 5.41) is 10.8. The molecule has 0 aliphatic heterocycles. The molecular formula is C21H16N2O. The fourth-order valence-electron chi connectivity index (χ4n) is 2.84. The molecule has 0 saturated heterocycles. The molecule has 3 aromatic carbocycles. The maximum absolute atomic E-state index is 10.8. The standard InChI is InChI=1S/C21H16N2O/c24-23-20(17-12-6-2-7-13-17)19(16-10-4-1-5-11-16)22-21(23)18-14-8-3-9-15-18/h1-15,24H. The van der Waals surface area contributed by atoms with Gasteiger partial charge in [0, 0.05) is 16.7 Å². The average Bonchev–Trinajstić information content (AvgIpc) is 3.01. The second-order valence-corrected chi connectivity index (χ2v) is 5.54. The second-order valence-electron chi connectivity index (χ2n) is 5.54. The number of aromatic nitrogens is 2. The molecule has 1 N–H and O–H groups in total. The van der Waals surface area contributed by atoms with Crippen LogP contribution in [0.4, 0.5) is 0 Å². The third-order valence-electron chi connectivity index (χ3n) is 3.98. The van der Waals surface area contributed by atoms with E-state index in [9.17, 15) is 5.21 Å². The maximum atomic E-state index is 10.8. The number of rotatable bonds is 3. The molecular weight excluding hydrogens is 296 g/mol. The molecule has 1 heterocycles. The zero-order chi connectivity index (χ0) is 16.4. The molecule has 0 amide bonds. The molecule has 0 unspecified atom stereocenters. The third kappa shape index (κ3) is 2.46. The van der Waals surface area contributed by atoms with E-state index < -0.39 is 0 Å². The number of hydrogen-bond donors (Lipinski definition) is 1. The normalized spacial score (nSPS) is 10.7. The highest BCUT2D eigenvalue weighted by Crippen LogP contribution is 2.34. The van der Waals surface area contributed by atoms with Crippen LogP contribution in [0.2, 0.25) is 0 Å². The zero-order valence-corrected chi connectivity index (χ0v) is 13.0. The molecule has 3 heteroatoms. The summed E-state index contributed by atoms with van der Waals surface area (Å²) < 4.78 is 1.19. The second kappa shape index (κ2) is 6.05. The van der Waals surface area contributed by atoms with E-state index in [0.29, 0.717) is 11.5 Å². The first-order valence-corrected chi connectivity index (χ1v) is 7.83. The molecule has 0 radical (unpaired) electrons. The van der Waals surface area contributed by atoms with Gasteiger partial charge in [-0.05, 0) is 0 Å². The fourth-order valence-corrected chi connectivity index (χ4v) is 2.84. The van der Waals surface area contributed by atoms with Crippen molar-refractivity contribution in [2.24, 2.45) is 0 Å². The van der Waals surface area contributed by atoms with Gasteiger partial charge in [-0.25, -0.2) is 4.98 Å². The molecule has 24 heavy (non-hydrogen) atoms.